The Hall–Kier alpha value is -2.19. The maximum Gasteiger partial charge on any atom is 0.246 e. The molecule has 1 spiro atoms. The third-order valence-electron chi connectivity index (χ3n) is 5.87. The number of carbonyl (C=O) groups is 1. The summed E-state index contributed by atoms with van der Waals surface area (Å²) in [6.07, 6.45) is 2.16. The van der Waals surface area contributed by atoms with Crippen molar-refractivity contribution in [3.05, 3.63) is 53.8 Å². The smallest absolute Gasteiger partial charge is 0.246 e. The Morgan fingerprint density at radius 1 is 1.19 bits per heavy atom. The summed E-state index contributed by atoms with van der Waals surface area (Å²) in [5.74, 6) is 0.102. The highest BCUT2D eigenvalue weighted by molar-refractivity contribution is 5.85. The first-order valence-electron chi connectivity index (χ1n) is 10.4. The predicted molar refractivity (Wildman–Crippen MR) is 118 cm³/mol. The van der Waals surface area contributed by atoms with Gasteiger partial charge < -0.3 is 25.2 Å². The summed E-state index contributed by atoms with van der Waals surface area (Å²) in [5.41, 5.74) is 1.15. The number of nitrogens with one attached hydrogen (secondary N) is 2. The van der Waals surface area contributed by atoms with Gasteiger partial charge in [-0.05, 0) is 37.4 Å². The van der Waals surface area contributed by atoms with Gasteiger partial charge in [0.1, 0.15) is 24.8 Å². The number of para-hydroxylation sites is 1. The van der Waals surface area contributed by atoms with E-state index in [0.29, 0.717) is 35.5 Å². The van der Waals surface area contributed by atoms with E-state index in [2.05, 4.69) is 10.6 Å². The van der Waals surface area contributed by atoms with Crippen molar-refractivity contribution >= 4 is 18.3 Å². The molecule has 8 heteroatoms. The maximum atomic E-state index is 15.6. The third-order valence-corrected chi connectivity index (χ3v) is 5.87. The number of piperidine rings is 1. The highest BCUT2D eigenvalue weighted by Crippen LogP contribution is 2.34. The molecule has 0 radical (unpaired) electrons. The van der Waals surface area contributed by atoms with Gasteiger partial charge in [0.05, 0.1) is 18.8 Å². The monoisotopic (exact) mass is 450 g/mol. The van der Waals surface area contributed by atoms with Crippen LogP contribution in [0, 0.1) is 5.82 Å². The fourth-order valence-corrected chi connectivity index (χ4v) is 4.45. The number of hydrogen-bond acceptors (Lipinski definition) is 5. The Morgan fingerprint density at radius 2 is 2.00 bits per heavy atom. The molecule has 0 bridgehead atoms. The van der Waals surface area contributed by atoms with Crippen molar-refractivity contribution in [2.75, 3.05) is 33.0 Å². The summed E-state index contributed by atoms with van der Waals surface area (Å²) in [7, 11) is 0. The average Bonchev–Trinajstić information content (AvgIpc) is 2.75. The van der Waals surface area contributed by atoms with Crippen LogP contribution in [0.2, 0.25) is 0 Å². The molecule has 2 aromatic carbocycles. The first-order chi connectivity index (χ1) is 14.6. The standard InChI is InChI=1S/C23H27FN2O4.ClH/c24-22-16(13-20-23(9-4-10-25-20)15-29-14-21(28)26-23)5-3-7-18(22)17-6-1-2-8-19(17)30-12-11-27;/h1-3,5-8,20,25,27H,4,9-15H2,(H,26,28);1H/t20-,23+;/m0./s1. The fraction of sp³-hybridized carbons (Fsp3) is 0.435. The number of morpholine rings is 1. The van der Waals surface area contributed by atoms with E-state index in [-0.39, 0.29) is 50.0 Å². The van der Waals surface area contributed by atoms with Crippen LogP contribution in [0.3, 0.4) is 0 Å². The average molecular weight is 451 g/mol. The maximum absolute atomic E-state index is 15.6. The number of ether oxygens (including phenoxy) is 2. The molecule has 2 heterocycles. The lowest BCUT2D eigenvalue weighted by molar-refractivity contribution is -0.137. The lowest BCUT2D eigenvalue weighted by Gasteiger charge is -2.47. The molecule has 3 N–H and O–H groups in total. The Bertz CT molecular complexity index is 909. The SMILES string of the molecule is Cl.O=C1COC[C@@]2(CCCN[C@H]2Cc2cccc(-c3ccccc3OCCO)c2F)N1. The molecule has 0 aromatic heterocycles. The second kappa shape index (κ2) is 10.4. The highest BCUT2D eigenvalue weighted by Gasteiger charge is 2.44. The van der Waals surface area contributed by atoms with Gasteiger partial charge in [0, 0.05) is 17.2 Å². The van der Waals surface area contributed by atoms with Crippen LogP contribution in [0.15, 0.2) is 42.5 Å². The summed E-state index contributed by atoms with van der Waals surface area (Å²) in [4.78, 5) is 12.0. The highest BCUT2D eigenvalue weighted by atomic mass is 35.5. The molecular weight excluding hydrogens is 423 g/mol. The number of rotatable bonds is 6. The van der Waals surface area contributed by atoms with Gasteiger partial charge in [0.25, 0.3) is 0 Å². The number of amides is 1. The van der Waals surface area contributed by atoms with Gasteiger partial charge in [-0.25, -0.2) is 4.39 Å². The molecular formula is C23H28ClFN2O4. The number of benzene rings is 2. The van der Waals surface area contributed by atoms with Gasteiger partial charge in [-0.1, -0.05) is 36.4 Å². The Kier molecular flexibility index (Phi) is 7.89. The van der Waals surface area contributed by atoms with Crippen molar-refractivity contribution in [1.29, 1.82) is 0 Å². The van der Waals surface area contributed by atoms with Crippen molar-refractivity contribution in [1.82, 2.24) is 10.6 Å². The zero-order chi connectivity index (χ0) is 21.0. The lowest BCUT2D eigenvalue weighted by Crippen LogP contribution is -2.69. The van der Waals surface area contributed by atoms with Crippen LogP contribution in [-0.2, 0) is 16.0 Å². The summed E-state index contributed by atoms with van der Waals surface area (Å²) in [6, 6.07) is 12.5. The number of aliphatic hydroxyl groups is 1. The normalized spacial score (nSPS) is 23.2. The second-order valence-corrected chi connectivity index (χ2v) is 7.86. The summed E-state index contributed by atoms with van der Waals surface area (Å²) in [6.45, 7) is 1.35. The van der Waals surface area contributed by atoms with E-state index in [1.165, 1.54) is 0 Å². The summed E-state index contributed by atoms with van der Waals surface area (Å²) >= 11 is 0. The minimum absolute atomic E-state index is 0. The fourth-order valence-electron chi connectivity index (χ4n) is 4.45. The molecule has 2 saturated heterocycles. The molecule has 1 amide bonds. The molecule has 2 aliphatic rings. The van der Waals surface area contributed by atoms with E-state index in [9.17, 15) is 4.79 Å². The van der Waals surface area contributed by atoms with E-state index in [0.717, 1.165) is 19.4 Å². The van der Waals surface area contributed by atoms with Gasteiger partial charge >= 0.3 is 0 Å². The molecule has 0 saturated carbocycles. The first kappa shape index (κ1) is 23.5. The first-order valence-corrected chi connectivity index (χ1v) is 10.4. The molecule has 6 nitrogen and oxygen atoms in total. The van der Waals surface area contributed by atoms with Gasteiger partial charge in [-0.15, -0.1) is 12.4 Å². The Morgan fingerprint density at radius 3 is 2.81 bits per heavy atom. The van der Waals surface area contributed by atoms with Crippen LogP contribution in [-0.4, -0.2) is 55.6 Å². The quantitative estimate of drug-likeness (QED) is 0.630. The third kappa shape index (κ3) is 5.01. The van der Waals surface area contributed by atoms with E-state index in [1.807, 2.05) is 24.3 Å². The molecule has 0 unspecified atom stereocenters. The Balaban J connectivity index is 0.00000272. The predicted octanol–water partition coefficient (Wildman–Crippen LogP) is 2.47. The van der Waals surface area contributed by atoms with E-state index in [4.69, 9.17) is 14.6 Å². The van der Waals surface area contributed by atoms with Crippen LogP contribution >= 0.6 is 12.4 Å². The number of carbonyl (C=O) groups excluding carboxylic acids is 1. The van der Waals surface area contributed by atoms with Gasteiger partial charge in [0.15, 0.2) is 0 Å². The van der Waals surface area contributed by atoms with Crippen LogP contribution in [0.4, 0.5) is 4.39 Å². The van der Waals surface area contributed by atoms with Crippen molar-refractivity contribution in [3.8, 4) is 16.9 Å². The van der Waals surface area contributed by atoms with Gasteiger partial charge in [-0.2, -0.15) is 0 Å². The molecule has 2 aliphatic heterocycles. The van der Waals surface area contributed by atoms with Crippen LogP contribution in [0.5, 0.6) is 5.75 Å². The number of halogens is 2. The topological polar surface area (TPSA) is 79.8 Å². The van der Waals surface area contributed by atoms with E-state index < -0.39 is 5.54 Å². The number of hydrogen-bond donors (Lipinski definition) is 3. The van der Waals surface area contributed by atoms with E-state index >= 15 is 4.39 Å². The number of aliphatic hydroxyl groups excluding tert-OH is 1. The van der Waals surface area contributed by atoms with Gasteiger partial charge in [-0.3, -0.25) is 4.79 Å². The van der Waals surface area contributed by atoms with Crippen LogP contribution in [0.25, 0.3) is 11.1 Å². The Labute approximate surface area is 187 Å². The molecule has 168 valence electrons. The minimum atomic E-state index is -0.516. The molecule has 0 aliphatic carbocycles. The zero-order valence-corrected chi connectivity index (χ0v) is 18.1. The molecule has 2 atom stereocenters. The van der Waals surface area contributed by atoms with Crippen molar-refractivity contribution in [2.45, 2.75) is 30.8 Å². The van der Waals surface area contributed by atoms with E-state index in [1.54, 1.807) is 18.2 Å². The largest absolute Gasteiger partial charge is 0.491 e. The zero-order valence-electron chi connectivity index (χ0n) is 17.2. The lowest BCUT2D eigenvalue weighted by atomic mass is 9.79. The molecule has 31 heavy (non-hydrogen) atoms. The molecule has 2 fully saturated rings. The molecule has 2 aromatic rings. The van der Waals surface area contributed by atoms with Crippen molar-refractivity contribution in [3.63, 3.8) is 0 Å². The van der Waals surface area contributed by atoms with Crippen molar-refractivity contribution < 1.29 is 23.8 Å². The summed E-state index contributed by atoms with van der Waals surface area (Å²) < 4.78 is 26.7. The van der Waals surface area contributed by atoms with Crippen LogP contribution in [0.1, 0.15) is 18.4 Å². The van der Waals surface area contributed by atoms with Crippen LogP contribution < -0.4 is 15.4 Å². The van der Waals surface area contributed by atoms with Gasteiger partial charge in [0.2, 0.25) is 5.91 Å². The summed E-state index contributed by atoms with van der Waals surface area (Å²) in [5, 5.41) is 15.6. The molecule has 4 rings (SSSR count). The minimum Gasteiger partial charge on any atom is -0.491 e. The second-order valence-electron chi connectivity index (χ2n) is 7.86. The van der Waals surface area contributed by atoms with Crippen molar-refractivity contribution in [2.24, 2.45) is 0 Å².